The Labute approximate surface area is 104 Å². The molecule has 4 nitrogen and oxygen atoms in total. The molecular formula is C13H13FN2O2. The molecule has 0 aliphatic heterocycles. The number of aromatic carboxylic acids is 1. The number of hydrogen-bond donors (Lipinski definition) is 1. The van der Waals surface area contributed by atoms with Crippen molar-refractivity contribution in [3.8, 4) is 11.3 Å². The van der Waals surface area contributed by atoms with Gasteiger partial charge < -0.3 is 5.11 Å². The van der Waals surface area contributed by atoms with Crippen LogP contribution in [-0.2, 0) is 6.54 Å². The van der Waals surface area contributed by atoms with Gasteiger partial charge in [-0.25, -0.2) is 9.18 Å². The van der Waals surface area contributed by atoms with Crippen LogP contribution >= 0.6 is 0 Å². The number of halogens is 1. The van der Waals surface area contributed by atoms with Gasteiger partial charge in [0.25, 0.3) is 0 Å². The van der Waals surface area contributed by atoms with Crippen molar-refractivity contribution in [2.24, 2.45) is 0 Å². The summed E-state index contributed by atoms with van der Waals surface area (Å²) in [7, 11) is 0. The Bertz CT molecular complexity index is 605. The lowest BCUT2D eigenvalue weighted by Gasteiger charge is -2.00. The minimum atomic E-state index is -1.02. The highest BCUT2D eigenvalue weighted by Crippen LogP contribution is 2.21. The van der Waals surface area contributed by atoms with Crippen LogP contribution in [0.2, 0.25) is 0 Å². The molecule has 0 saturated heterocycles. The van der Waals surface area contributed by atoms with Crippen molar-refractivity contribution >= 4 is 5.97 Å². The van der Waals surface area contributed by atoms with Crippen LogP contribution in [0.15, 0.2) is 24.3 Å². The molecule has 1 aromatic heterocycles. The van der Waals surface area contributed by atoms with Crippen molar-refractivity contribution in [3.63, 3.8) is 0 Å². The van der Waals surface area contributed by atoms with Crippen molar-refractivity contribution in [1.29, 1.82) is 0 Å². The highest BCUT2D eigenvalue weighted by molar-refractivity contribution is 5.87. The van der Waals surface area contributed by atoms with Gasteiger partial charge in [0, 0.05) is 12.1 Å². The first-order chi connectivity index (χ1) is 8.52. The van der Waals surface area contributed by atoms with E-state index in [1.165, 1.54) is 16.8 Å². The zero-order valence-corrected chi connectivity index (χ0v) is 10.1. The highest BCUT2D eigenvalue weighted by atomic mass is 19.1. The molecule has 0 amide bonds. The second kappa shape index (κ2) is 4.60. The van der Waals surface area contributed by atoms with Crippen molar-refractivity contribution in [2.45, 2.75) is 20.4 Å². The lowest BCUT2D eigenvalue weighted by Crippen LogP contribution is -2.08. The van der Waals surface area contributed by atoms with Crippen molar-refractivity contribution < 1.29 is 14.3 Å². The zero-order chi connectivity index (χ0) is 13.3. The second-order valence-electron chi connectivity index (χ2n) is 4.00. The summed E-state index contributed by atoms with van der Waals surface area (Å²) in [6, 6.07) is 6.11. The van der Waals surface area contributed by atoms with Crippen molar-refractivity contribution in [3.05, 3.63) is 41.3 Å². The fraction of sp³-hybridized carbons (Fsp3) is 0.231. The van der Waals surface area contributed by atoms with Gasteiger partial charge in [-0.2, -0.15) is 5.10 Å². The number of benzene rings is 1. The van der Waals surface area contributed by atoms with Gasteiger partial charge in [-0.05, 0) is 43.7 Å². The summed E-state index contributed by atoms with van der Waals surface area (Å²) in [6.45, 7) is 3.95. The quantitative estimate of drug-likeness (QED) is 0.908. The molecule has 94 valence electrons. The van der Waals surface area contributed by atoms with Gasteiger partial charge in [-0.1, -0.05) is 0 Å². The number of aryl methyl sites for hydroxylation is 2. The topological polar surface area (TPSA) is 55.1 Å². The molecule has 1 aromatic carbocycles. The smallest absolute Gasteiger partial charge is 0.354 e. The molecule has 18 heavy (non-hydrogen) atoms. The van der Waals surface area contributed by atoms with E-state index >= 15 is 0 Å². The van der Waals surface area contributed by atoms with Crippen LogP contribution in [0.3, 0.4) is 0 Å². The minimum absolute atomic E-state index is 0.134. The summed E-state index contributed by atoms with van der Waals surface area (Å²) < 4.78 is 14.6. The first-order valence-electron chi connectivity index (χ1n) is 5.60. The second-order valence-corrected chi connectivity index (χ2v) is 4.00. The molecule has 0 spiro atoms. The molecule has 2 aromatic rings. The monoisotopic (exact) mass is 248 g/mol. The van der Waals surface area contributed by atoms with Crippen molar-refractivity contribution in [1.82, 2.24) is 9.78 Å². The fourth-order valence-electron chi connectivity index (χ4n) is 1.78. The van der Waals surface area contributed by atoms with Gasteiger partial charge in [0.2, 0.25) is 0 Å². The number of rotatable bonds is 3. The molecule has 0 fully saturated rings. The van der Waals surface area contributed by atoms with E-state index in [2.05, 4.69) is 5.10 Å². The van der Waals surface area contributed by atoms with Crippen molar-refractivity contribution in [2.75, 3.05) is 0 Å². The third kappa shape index (κ3) is 2.11. The maximum atomic E-state index is 13.2. The largest absolute Gasteiger partial charge is 0.477 e. The predicted molar refractivity (Wildman–Crippen MR) is 65.0 cm³/mol. The third-order valence-corrected chi connectivity index (χ3v) is 2.75. The Morgan fingerprint density at radius 3 is 2.67 bits per heavy atom. The van der Waals surface area contributed by atoms with Crippen LogP contribution in [0.1, 0.15) is 23.0 Å². The molecule has 0 aliphatic rings. The van der Waals surface area contributed by atoms with Gasteiger partial charge in [0.1, 0.15) is 11.5 Å². The zero-order valence-electron chi connectivity index (χ0n) is 10.1. The Morgan fingerprint density at radius 2 is 2.17 bits per heavy atom. The van der Waals surface area contributed by atoms with E-state index in [9.17, 15) is 9.18 Å². The van der Waals surface area contributed by atoms with Crippen LogP contribution in [-0.4, -0.2) is 20.9 Å². The number of nitrogens with zero attached hydrogens (tertiary/aromatic N) is 2. The normalized spacial score (nSPS) is 10.6. The number of carbonyl (C=O) groups is 1. The molecule has 5 heteroatoms. The molecule has 1 heterocycles. The van der Waals surface area contributed by atoms with Gasteiger partial charge in [0.15, 0.2) is 0 Å². The number of aromatic nitrogens is 2. The fourth-order valence-corrected chi connectivity index (χ4v) is 1.78. The summed E-state index contributed by atoms with van der Waals surface area (Å²) in [4.78, 5) is 11.0. The van der Waals surface area contributed by atoms with Gasteiger partial charge in [0.05, 0.1) is 5.69 Å². The van der Waals surface area contributed by atoms with Crippen LogP contribution in [0.5, 0.6) is 0 Å². The van der Waals surface area contributed by atoms with Crippen LogP contribution in [0, 0.1) is 12.7 Å². The number of carboxylic acids is 1. The molecular weight excluding hydrogens is 235 g/mol. The molecule has 0 unspecified atom stereocenters. The highest BCUT2D eigenvalue weighted by Gasteiger charge is 2.14. The van der Waals surface area contributed by atoms with Crippen LogP contribution < -0.4 is 0 Å². The average Bonchev–Trinajstić information content (AvgIpc) is 2.77. The van der Waals surface area contributed by atoms with E-state index in [-0.39, 0.29) is 11.5 Å². The van der Waals surface area contributed by atoms with E-state index in [0.29, 0.717) is 23.4 Å². The summed E-state index contributed by atoms with van der Waals surface area (Å²) in [5, 5.41) is 13.2. The van der Waals surface area contributed by atoms with Gasteiger partial charge in [-0.3, -0.25) is 4.68 Å². The summed E-state index contributed by atoms with van der Waals surface area (Å²) in [6.07, 6.45) is 0. The van der Waals surface area contributed by atoms with E-state index in [4.69, 9.17) is 5.11 Å². The first-order valence-corrected chi connectivity index (χ1v) is 5.60. The minimum Gasteiger partial charge on any atom is -0.477 e. The Kier molecular flexibility index (Phi) is 3.14. The molecule has 2 rings (SSSR count). The summed E-state index contributed by atoms with van der Waals surface area (Å²) in [5.74, 6) is -1.30. The standard InChI is InChI=1S/C13H13FN2O2/c1-3-16-12(13(17)18)7-11(15-16)9-4-5-10(14)8(2)6-9/h4-7H,3H2,1-2H3,(H,17,18). The Hall–Kier alpha value is -2.17. The number of carboxylic acid groups (broad SMARTS) is 1. The van der Waals surface area contributed by atoms with Crippen LogP contribution in [0.25, 0.3) is 11.3 Å². The van der Waals surface area contributed by atoms with E-state index in [1.807, 2.05) is 6.92 Å². The molecule has 0 atom stereocenters. The van der Waals surface area contributed by atoms with E-state index < -0.39 is 5.97 Å². The SMILES string of the molecule is CCn1nc(-c2ccc(F)c(C)c2)cc1C(=O)O. The maximum absolute atomic E-state index is 13.2. The molecule has 0 radical (unpaired) electrons. The first kappa shape index (κ1) is 12.3. The van der Waals surface area contributed by atoms with E-state index in [0.717, 1.165) is 0 Å². The lowest BCUT2D eigenvalue weighted by molar-refractivity contribution is 0.0683. The van der Waals surface area contributed by atoms with Crippen LogP contribution in [0.4, 0.5) is 4.39 Å². The molecule has 0 aliphatic carbocycles. The Morgan fingerprint density at radius 1 is 1.44 bits per heavy atom. The lowest BCUT2D eigenvalue weighted by atomic mass is 10.1. The third-order valence-electron chi connectivity index (χ3n) is 2.75. The molecule has 0 bridgehead atoms. The summed E-state index contributed by atoms with van der Waals surface area (Å²) in [5.41, 5.74) is 1.89. The van der Waals surface area contributed by atoms with Gasteiger partial charge in [-0.15, -0.1) is 0 Å². The number of hydrogen-bond acceptors (Lipinski definition) is 2. The predicted octanol–water partition coefficient (Wildman–Crippen LogP) is 2.72. The molecule has 1 N–H and O–H groups in total. The van der Waals surface area contributed by atoms with Gasteiger partial charge >= 0.3 is 5.97 Å². The molecule has 0 saturated carbocycles. The average molecular weight is 248 g/mol. The summed E-state index contributed by atoms with van der Waals surface area (Å²) >= 11 is 0. The van der Waals surface area contributed by atoms with E-state index in [1.54, 1.807) is 19.1 Å². The Balaban J connectivity index is 2.50. The maximum Gasteiger partial charge on any atom is 0.354 e.